The average Bonchev–Trinajstić information content (AvgIpc) is 3.02. The number of nitrogens with zero attached hydrogens (tertiary/aromatic N) is 1. The van der Waals surface area contributed by atoms with Crippen molar-refractivity contribution in [3.05, 3.63) is 46.2 Å². The fraction of sp³-hybridized carbons (Fsp3) is 0.353. The minimum Gasteiger partial charge on any atom is -0.398 e. The van der Waals surface area contributed by atoms with Crippen molar-refractivity contribution in [3.8, 4) is 0 Å². The van der Waals surface area contributed by atoms with Crippen molar-refractivity contribution in [2.75, 3.05) is 23.7 Å². The number of carbonyl (C=O) groups excluding carboxylic acids is 1. The molecule has 0 fully saturated rings. The highest BCUT2D eigenvalue weighted by Gasteiger charge is 2.21. The quantitative estimate of drug-likeness (QED) is 0.830. The Morgan fingerprint density at radius 3 is 2.96 bits per heavy atom. The number of hydrogen-bond donors (Lipinski definition) is 2. The number of nitrogens with two attached hydrogens (primary N) is 1. The summed E-state index contributed by atoms with van der Waals surface area (Å²) in [5.41, 5.74) is 9.16. The Bertz CT molecular complexity index is 660. The second-order valence-corrected chi connectivity index (χ2v) is 6.65. The summed E-state index contributed by atoms with van der Waals surface area (Å²) in [5, 5.41) is 5.10. The SMILES string of the molecule is CC(NC(=O)CN1CCCc2c(N)cccc21)c1cccs1.Cl. The highest BCUT2D eigenvalue weighted by atomic mass is 35.5. The summed E-state index contributed by atoms with van der Waals surface area (Å²) in [6.07, 6.45) is 2.03. The van der Waals surface area contributed by atoms with E-state index in [1.54, 1.807) is 11.3 Å². The maximum absolute atomic E-state index is 12.3. The van der Waals surface area contributed by atoms with Gasteiger partial charge in [-0.1, -0.05) is 12.1 Å². The average molecular weight is 352 g/mol. The van der Waals surface area contributed by atoms with Crippen molar-refractivity contribution in [1.29, 1.82) is 0 Å². The number of amides is 1. The van der Waals surface area contributed by atoms with E-state index in [9.17, 15) is 4.79 Å². The molecule has 124 valence electrons. The van der Waals surface area contributed by atoms with E-state index in [1.165, 1.54) is 10.4 Å². The first kappa shape index (κ1) is 17.6. The van der Waals surface area contributed by atoms with Crippen LogP contribution in [0.2, 0.25) is 0 Å². The van der Waals surface area contributed by atoms with E-state index < -0.39 is 0 Å². The van der Waals surface area contributed by atoms with E-state index in [0.717, 1.165) is 30.8 Å². The molecule has 1 aromatic heterocycles. The van der Waals surface area contributed by atoms with Gasteiger partial charge in [0.1, 0.15) is 0 Å². The fourth-order valence-corrected chi connectivity index (χ4v) is 3.70. The lowest BCUT2D eigenvalue weighted by atomic mass is 10.00. The second kappa shape index (κ2) is 7.70. The molecule has 3 rings (SSSR count). The zero-order valence-electron chi connectivity index (χ0n) is 13.1. The topological polar surface area (TPSA) is 58.4 Å². The molecule has 2 aromatic rings. The molecule has 1 aliphatic rings. The molecule has 1 atom stereocenters. The number of carbonyl (C=O) groups is 1. The number of anilines is 2. The first-order valence-electron chi connectivity index (χ1n) is 7.60. The third kappa shape index (κ3) is 3.98. The zero-order chi connectivity index (χ0) is 15.5. The number of halogens is 1. The molecule has 1 unspecified atom stereocenters. The Morgan fingerprint density at radius 2 is 2.22 bits per heavy atom. The molecule has 23 heavy (non-hydrogen) atoms. The van der Waals surface area contributed by atoms with Crippen molar-refractivity contribution < 1.29 is 4.79 Å². The predicted octanol–water partition coefficient (Wildman–Crippen LogP) is 3.38. The molecule has 2 heterocycles. The summed E-state index contributed by atoms with van der Waals surface area (Å²) in [4.78, 5) is 15.6. The van der Waals surface area contributed by atoms with Crippen LogP contribution in [0, 0.1) is 0 Å². The van der Waals surface area contributed by atoms with Gasteiger partial charge in [0.05, 0.1) is 12.6 Å². The van der Waals surface area contributed by atoms with Gasteiger partial charge in [-0.3, -0.25) is 4.79 Å². The largest absolute Gasteiger partial charge is 0.398 e. The van der Waals surface area contributed by atoms with Crippen LogP contribution in [0.25, 0.3) is 0 Å². The number of nitrogens with one attached hydrogen (secondary N) is 1. The smallest absolute Gasteiger partial charge is 0.240 e. The van der Waals surface area contributed by atoms with Crippen LogP contribution in [0.15, 0.2) is 35.7 Å². The van der Waals surface area contributed by atoms with Crippen molar-refractivity contribution in [1.82, 2.24) is 5.32 Å². The summed E-state index contributed by atoms with van der Waals surface area (Å²) < 4.78 is 0. The summed E-state index contributed by atoms with van der Waals surface area (Å²) in [7, 11) is 0. The van der Waals surface area contributed by atoms with Crippen LogP contribution in [0.5, 0.6) is 0 Å². The van der Waals surface area contributed by atoms with Crippen LogP contribution in [0.1, 0.15) is 29.8 Å². The molecule has 0 saturated carbocycles. The van der Waals surface area contributed by atoms with E-state index in [0.29, 0.717) is 6.54 Å². The molecule has 1 amide bonds. The van der Waals surface area contributed by atoms with Gasteiger partial charge < -0.3 is 16.0 Å². The highest BCUT2D eigenvalue weighted by Crippen LogP contribution is 2.31. The molecule has 6 heteroatoms. The zero-order valence-corrected chi connectivity index (χ0v) is 14.8. The van der Waals surface area contributed by atoms with Crippen LogP contribution >= 0.6 is 23.7 Å². The lowest BCUT2D eigenvalue weighted by Crippen LogP contribution is -2.40. The highest BCUT2D eigenvalue weighted by molar-refractivity contribution is 7.10. The lowest BCUT2D eigenvalue weighted by Gasteiger charge is -2.31. The first-order chi connectivity index (χ1) is 10.6. The van der Waals surface area contributed by atoms with Gasteiger partial charge in [-0.2, -0.15) is 0 Å². The van der Waals surface area contributed by atoms with E-state index in [-0.39, 0.29) is 24.4 Å². The molecule has 0 spiro atoms. The number of hydrogen-bond acceptors (Lipinski definition) is 4. The van der Waals surface area contributed by atoms with Crippen LogP contribution in [0.4, 0.5) is 11.4 Å². The van der Waals surface area contributed by atoms with Crippen molar-refractivity contribution in [3.63, 3.8) is 0 Å². The Morgan fingerprint density at radius 1 is 1.39 bits per heavy atom. The van der Waals surface area contributed by atoms with E-state index in [1.807, 2.05) is 36.6 Å². The molecule has 0 saturated heterocycles. The first-order valence-corrected chi connectivity index (χ1v) is 8.48. The van der Waals surface area contributed by atoms with Gasteiger partial charge in [0.2, 0.25) is 5.91 Å². The van der Waals surface area contributed by atoms with Gasteiger partial charge in [-0.25, -0.2) is 0 Å². The van der Waals surface area contributed by atoms with Gasteiger partial charge in [-0.05, 0) is 48.9 Å². The van der Waals surface area contributed by atoms with Crippen molar-refractivity contribution >= 4 is 41.0 Å². The van der Waals surface area contributed by atoms with Crippen molar-refractivity contribution in [2.45, 2.75) is 25.8 Å². The molecule has 1 aromatic carbocycles. The van der Waals surface area contributed by atoms with Gasteiger partial charge in [-0.15, -0.1) is 23.7 Å². The molecule has 0 radical (unpaired) electrons. The minimum atomic E-state index is 0. The Labute approximate surface area is 147 Å². The van der Waals surface area contributed by atoms with Gasteiger partial charge in [0.15, 0.2) is 0 Å². The molecule has 1 aliphatic heterocycles. The summed E-state index contributed by atoms with van der Waals surface area (Å²) in [6.45, 7) is 3.30. The maximum atomic E-state index is 12.3. The van der Waals surface area contributed by atoms with Crippen LogP contribution < -0.4 is 16.0 Å². The molecular weight excluding hydrogens is 330 g/mol. The Balaban J connectivity index is 0.00000192. The molecule has 0 bridgehead atoms. The monoisotopic (exact) mass is 351 g/mol. The predicted molar refractivity (Wildman–Crippen MR) is 99.5 cm³/mol. The minimum absolute atomic E-state index is 0. The third-order valence-corrected chi connectivity index (χ3v) is 5.12. The van der Waals surface area contributed by atoms with E-state index in [4.69, 9.17) is 5.73 Å². The molecular formula is C17H22ClN3OS. The second-order valence-electron chi connectivity index (χ2n) is 5.67. The van der Waals surface area contributed by atoms with Gasteiger partial charge in [0.25, 0.3) is 0 Å². The van der Waals surface area contributed by atoms with Crippen LogP contribution in [0.3, 0.4) is 0 Å². The lowest BCUT2D eigenvalue weighted by molar-refractivity contribution is -0.120. The Kier molecular flexibility index (Phi) is 5.91. The van der Waals surface area contributed by atoms with E-state index >= 15 is 0 Å². The Hall–Kier alpha value is -1.72. The number of rotatable bonds is 4. The third-order valence-electron chi connectivity index (χ3n) is 4.06. The summed E-state index contributed by atoms with van der Waals surface area (Å²) >= 11 is 1.66. The number of fused-ring (bicyclic) bond motifs is 1. The summed E-state index contributed by atoms with van der Waals surface area (Å²) in [5.74, 6) is 0.0520. The number of nitrogen functional groups attached to an aromatic ring is 1. The van der Waals surface area contributed by atoms with Crippen LogP contribution in [-0.4, -0.2) is 19.0 Å². The van der Waals surface area contributed by atoms with Crippen molar-refractivity contribution in [2.24, 2.45) is 0 Å². The van der Waals surface area contributed by atoms with E-state index in [2.05, 4.69) is 16.3 Å². The fourth-order valence-electron chi connectivity index (χ4n) is 2.96. The van der Waals surface area contributed by atoms with Gasteiger partial charge >= 0.3 is 0 Å². The molecule has 3 N–H and O–H groups in total. The number of thiophene rings is 1. The standard InChI is InChI=1S/C17H21N3OS.ClH/c1-12(16-8-4-10-22-16)19-17(21)11-20-9-3-5-13-14(18)6-2-7-15(13)20;/h2,4,6-8,10,12H,3,5,9,11,18H2,1H3,(H,19,21);1H. The summed E-state index contributed by atoms with van der Waals surface area (Å²) in [6, 6.07) is 10.1. The number of benzene rings is 1. The molecule has 0 aliphatic carbocycles. The van der Waals surface area contributed by atoms with Gasteiger partial charge in [0, 0.05) is 22.8 Å². The van der Waals surface area contributed by atoms with Crippen LogP contribution in [-0.2, 0) is 11.2 Å². The molecule has 4 nitrogen and oxygen atoms in total. The normalized spacial score (nSPS) is 14.6. The maximum Gasteiger partial charge on any atom is 0.240 e.